The van der Waals surface area contributed by atoms with Gasteiger partial charge in [0.05, 0.1) is 17.6 Å². The smallest absolute Gasteiger partial charge is 0.311 e. The summed E-state index contributed by atoms with van der Waals surface area (Å²) in [5, 5.41) is 38.3. The van der Waals surface area contributed by atoms with Crippen molar-refractivity contribution in [3.63, 3.8) is 0 Å². The van der Waals surface area contributed by atoms with Crippen molar-refractivity contribution in [3.8, 4) is 0 Å². The Bertz CT molecular complexity index is 652. The van der Waals surface area contributed by atoms with Gasteiger partial charge in [0.2, 0.25) is 0 Å². The summed E-state index contributed by atoms with van der Waals surface area (Å²) in [5.41, 5.74) is 0.701. The van der Waals surface area contributed by atoms with Crippen LogP contribution in [0, 0.1) is 29.1 Å². The van der Waals surface area contributed by atoms with Gasteiger partial charge in [-0.2, -0.15) is 0 Å². The number of ether oxygens (including phenoxy) is 1. The van der Waals surface area contributed by atoms with Crippen LogP contribution < -0.4 is 0 Å². The zero-order valence-corrected chi connectivity index (χ0v) is 19.7. The third-order valence-electron chi connectivity index (χ3n) is 7.15. The Morgan fingerprint density at radius 1 is 1.16 bits per heavy atom. The molecule has 0 bridgehead atoms. The van der Waals surface area contributed by atoms with Gasteiger partial charge in [-0.15, -0.1) is 0 Å². The zero-order chi connectivity index (χ0) is 23.3. The first-order valence-corrected chi connectivity index (χ1v) is 11.8. The summed E-state index contributed by atoms with van der Waals surface area (Å²) in [6.45, 7) is 10.1. The molecule has 2 rings (SSSR count). The molecule has 1 unspecified atom stereocenters. The van der Waals surface area contributed by atoms with Crippen molar-refractivity contribution in [2.24, 2.45) is 29.1 Å². The highest BCUT2D eigenvalue weighted by Gasteiger charge is 2.42. The Labute approximate surface area is 187 Å². The quantitative estimate of drug-likeness (QED) is 0.308. The second-order valence-electron chi connectivity index (χ2n) is 10.3. The Morgan fingerprint density at radius 2 is 1.84 bits per heavy atom. The maximum atomic E-state index is 12.8. The van der Waals surface area contributed by atoms with Gasteiger partial charge in [-0.05, 0) is 69.3 Å². The SMILES string of the molecule is CCC(C)(C)C(=O)O[C@H]1C[C@@H](C)C=C2C=C[C@H](C)[C@H](CCC(O)C[C@@H](O)CC(O)O)[C@H]21. The number of hydrogen-bond donors (Lipinski definition) is 4. The number of hydrogen-bond acceptors (Lipinski definition) is 6. The predicted octanol–water partition coefficient (Wildman–Crippen LogP) is 3.33. The summed E-state index contributed by atoms with van der Waals surface area (Å²) in [6, 6.07) is 0. The number of carbonyl (C=O) groups excluding carboxylic acids is 1. The summed E-state index contributed by atoms with van der Waals surface area (Å²) < 4.78 is 6.11. The van der Waals surface area contributed by atoms with Crippen molar-refractivity contribution < 1.29 is 30.0 Å². The molecule has 0 aliphatic heterocycles. The van der Waals surface area contributed by atoms with Gasteiger partial charge < -0.3 is 25.2 Å². The van der Waals surface area contributed by atoms with Gasteiger partial charge in [0.25, 0.3) is 0 Å². The summed E-state index contributed by atoms with van der Waals surface area (Å²) >= 11 is 0. The molecule has 0 aromatic rings. The Hall–Kier alpha value is -1.21. The molecule has 0 fully saturated rings. The summed E-state index contributed by atoms with van der Waals surface area (Å²) in [4.78, 5) is 12.8. The van der Waals surface area contributed by atoms with Crippen LogP contribution >= 0.6 is 0 Å². The van der Waals surface area contributed by atoms with Crippen LogP contribution in [0.5, 0.6) is 0 Å². The number of carbonyl (C=O) groups is 1. The minimum atomic E-state index is -1.58. The molecule has 6 heteroatoms. The molecule has 0 saturated heterocycles. The van der Waals surface area contributed by atoms with E-state index in [2.05, 4.69) is 32.1 Å². The van der Waals surface area contributed by atoms with Crippen LogP contribution in [0.4, 0.5) is 0 Å². The lowest BCUT2D eigenvalue weighted by molar-refractivity contribution is -0.164. The topological polar surface area (TPSA) is 107 Å². The van der Waals surface area contributed by atoms with Gasteiger partial charge in [-0.1, -0.05) is 39.0 Å². The van der Waals surface area contributed by atoms with Crippen molar-refractivity contribution in [2.45, 2.75) is 97.7 Å². The van der Waals surface area contributed by atoms with Crippen LogP contribution in [-0.4, -0.2) is 51.0 Å². The minimum absolute atomic E-state index is 0.101. The average molecular weight is 439 g/mol. The lowest BCUT2D eigenvalue weighted by Gasteiger charge is -2.44. The van der Waals surface area contributed by atoms with Gasteiger partial charge in [0, 0.05) is 12.3 Å². The number of rotatable bonds is 10. The number of aliphatic hydroxyl groups excluding tert-OH is 3. The second kappa shape index (κ2) is 11.1. The molecule has 0 aromatic heterocycles. The molecule has 0 amide bonds. The normalized spacial score (nSPS) is 30.5. The minimum Gasteiger partial charge on any atom is -0.461 e. The molecular weight excluding hydrogens is 396 g/mol. The van der Waals surface area contributed by atoms with Crippen molar-refractivity contribution in [3.05, 3.63) is 23.8 Å². The van der Waals surface area contributed by atoms with E-state index in [0.717, 1.165) is 19.3 Å². The Morgan fingerprint density at radius 3 is 2.45 bits per heavy atom. The summed E-state index contributed by atoms with van der Waals surface area (Å²) in [6.07, 6.45) is 5.91. The molecule has 0 spiro atoms. The Kier molecular flexibility index (Phi) is 9.31. The average Bonchev–Trinajstić information content (AvgIpc) is 2.66. The summed E-state index contributed by atoms with van der Waals surface area (Å²) in [7, 11) is 0. The number of aliphatic hydroxyl groups is 4. The zero-order valence-electron chi connectivity index (χ0n) is 19.7. The van der Waals surface area contributed by atoms with E-state index < -0.39 is 23.9 Å². The Balaban J connectivity index is 2.12. The fraction of sp³-hybridized carbons (Fsp3) is 0.800. The van der Waals surface area contributed by atoms with Crippen LogP contribution in [0.15, 0.2) is 23.8 Å². The maximum absolute atomic E-state index is 12.8. The van der Waals surface area contributed by atoms with Gasteiger partial charge in [0.1, 0.15) is 6.10 Å². The third kappa shape index (κ3) is 7.14. The van der Waals surface area contributed by atoms with Gasteiger partial charge in [-0.25, -0.2) is 0 Å². The highest BCUT2D eigenvalue weighted by molar-refractivity contribution is 5.76. The van der Waals surface area contributed by atoms with Gasteiger partial charge >= 0.3 is 5.97 Å². The fourth-order valence-electron chi connectivity index (χ4n) is 4.82. The van der Waals surface area contributed by atoms with Crippen LogP contribution in [0.2, 0.25) is 0 Å². The molecule has 2 aliphatic carbocycles. The molecule has 0 aromatic carbocycles. The van der Waals surface area contributed by atoms with Crippen molar-refractivity contribution in [1.82, 2.24) is 0 Å². The number of fused-ring (bicyclic) bond motifs is 1. The molecule has 6 nitrogen and oxygen atoms in total. The van der Waals surface area contributed by atoms with Crippen molar-refractivity contribution >= 4 is 5.97 Å². The first-order valence-electron chi connectivity index (χ1n) is 11.8. The van der Waals surface area contributed by atoms with E-state index in [1.165, 1.54) is 5.57 Å². The van der Waals surface area contributed by atoms with Gasteiger partial charge in [-0.3, -0.25) is 4.79 Å². The number of allylic oxidation sites excluding steroid dienone is 3. The first-order chi connectivity index (χ1) is 14.4. The van der Waals surface area contributed by atoms with Gasteiger partial charge in [0.15, 0.2) is 6.29 Å². The van der Waals surface area contributed by atoms with Crippen LogP contribution in [0.1, 0.15) is 73.1 Å². The largest absolute Gasteiger partial charge is 0.461 e. The number of esters is 1. The first kappa shape index (κ1) is 26.0. The van der Waals surface area contributed by atoms with E-state index in [1.807, 2.05) is 20.8 Å². The fourth-order valence-corrected chi connectivity index (χ4v) is 4.82. The molecule has 2 aliphatic rings. The molecule has 0 radical (unpaired) electrons. The van der Waals surface area contributed by atoms with E-state index in [4.69, 9.17) is 14.9 Å². The van der Waals surface area contributed by atoms with Crippen LogP contribution in [-0.2, 0) is 9.53 Å². The lowest BCUT2D eigenvalue weighted by Crippen LogP contribution is -2.43. The molecule has 4 N–H and O–H groups in total. The lowest BCUT2D eigenvalue weighted by atomic mass is 9.65. The van der Waals surface area contributed by atoms with Crippen LogP contribution in [0.3, 0.4) is 0 Å². The monoisotopic (exact) mass is 438 g/mol. The molecule has 31 heavy (non-hydrogen) atoms. The maximum Gasteiger partial charge on any atom is 0.311 e. The molecule has 178 valence electrons. The van der Waals surface area contributed by atoms with E-state index in [1.54, 1.807) is 0 Å². The second-order valence-corrected chi connectivity index (χ2v) is 10.3. The highest BCUT2D eigenvalue weighted by Crippen LogP contribution is 2.45. The van der Waals surface area contributed by atoms with E-state index in [9.17, 15) is 15.0 Å². The van der Waals surface area contributed by atoms with Crippen LogP contribution in [0.25, 0.3) is 0 Å². The van der Waals surface area contributed by atoms with Crippen molar-refractivity contribution in [2.75, 3.05) is 0 Å². The van der Waals surface area contributed by atoms with E-state index >= 15 is 0 Å². The highest BCUT2D eigenvalue weighted by atomic mass is 16.5. The van der Waals surface area contributed by atoms with E-state index in [0.29, 0.717) is 12.3 Å². The molecular formula is C25H42O6. The standard InChI is InChI=1S/C25H42O6/c1-6-25(4,5)24(30)31-21-12-15(2)11-17-8-7-16(3)20(23(17)21)10-9-18(26)13-19(27)14-22(28)29/h7-8,11,15-16,18-23,26-29H,6,9-10,12-14H2,1-5H3/t15-,16-,18?,19+,20-,21-,23-/m0/s1. The molecule has 7 atom stereocenters. The van der Waals surface area contributed by atoms with E-state index in [-0.39, 0.29) is 42.7 Å². The predicted molar refractivity (Wildman–Crippen MR) is 120 cm³/mol. The van der Waals surface area contributed by atoms with Crippen molar-refractivity contribution in [1.29, 1.82) is 0 Å². The summed E-state index contributed by atoms with van der Waals surface area (Å²) in [5.74, 6) is 0.788. The molecule has 0 heterocycles. The molecule has 0 saturated carbocycles. The third-order valence-corrected chi connectivity index (χ3v) is 7.15.